The van der Waals surface area contributed by atoms with Crippen LogP contribution < -0.4 is 36.8 Å². The van der Waals surface area contributed by atoms with Crippen molar-refractivity contribution < 1.29 is 125 Å². The van der Waals surface area contributed by atoms with Gasteiger partial charge in [0.25, 0.3) is 10.1 Å². The maximum Gasteiger partial charge on any atom is 0.303 e. The molecule has 0 unspecified atom stereocenters. The van der Waals surface area contributed by atoms with Gasteiger partial charge in [-0.1, -0.05) is 82.7 Å². The van der Waals surface area contributed by atoms with Crippen molar-refractivity contribution in [2.24, 2.45) is 23.7 Å². The number of carboxylic acid groups (broad SMARTS) is 5. The van der Waals surface area contributed by atoms with Gasteiger partial charge in [0, 0.05) is 167 Å². The summed E-state index contributed by atoms with van der Waals surface area (Å²) in [6, 6.07) is 3.95. The number of aliphatic carboxylic acids is 5. The summed E-state index contributed by atoms with van der Waals surface area (Å²) < 4.78 is 42.5. The molecule has 2 aromatic carbocycles. The molecule has 2 aromatic rings. The van der Waals surface area contributed by atoms with Gasteiger partial charge >= 0.3 is 29.8 Å². The lowest BCUT2D eigenvalue weighted by atomic mass is 9.81. The number of fused-ring (bicyclic) bond motifs is 2. The first-order valence-electron chi connectivity index (χ1n) is 44.1. The quantitative estimate of drug-likeness (QED) is 0.0127. The summed E-state index contributed by atoms with van der Waals surface area (Å²) in [5.41, 5.74) is 5.91. The number of ketones is 4. The minimum Gasteiger partial charge on any atom is -0.481 e. The predicted octanol–water partition coefficient (Wildman–Crippen LogP) is 9.12. The second-order valence-corrected chi connectivity index (χ2v) is 36.8. The van der Waals surface area contributed by atoms with E-state index in [9.17, 15) is 115 Å². The number of amides is 7. The van der Waals surface area contributed by atoms with E-state index in [4.69, 9.17) is 4.74 Å². The Morgan fingerprint density at radius 3 is 1.67 bits per heavy atom. The van der Waals surface area contributed by atoms with Gasteiger partial charge in [-0.2, -0.15) is 24.8 Å². The third-order valence-corrected chi connectivity index (χ3v) is 24.6. The van der Waals surface area contributed by atoms with Crippen LogP contribution in [0.4, 0.5) is 11.4 Å². The van der Waals surface area contributed by atoms with Crippen molar-refractivity contribution in [2.75, 3.05) is 56.3 Å². The molecule has 0 spiro atoms. The average Bonchev–Trinajstić information content (AvgIpc) is 1.84. The number of nitrogens with one attached hydrogen (secondary N) is 6. The fraction of sp³-hybridized carbons (Fsp3) is 0.598. The van der Waals surface area contributed by atoms with Gasteiger partial charge in [0.2, 0.25) is 47.0 Å². The van der Waals surface area contributed by atoms with Crippen LogP contribution in [0.3, 0.4) is 0 Å². The van der Waals surface area contributed by atoms with E-state index in [0.29, 0.717) is 75.0 Å². The molecule has 128 heavy (non-hydrogen) atoms. The minimum absolute atomic E-state index is 0.0413. The van der Waals surface area contributed by atoms with Gasteiger partial charge in [0.1, 0.15) is 19.2 Å². The van der Waals surface area contributed by atoms with E-state index in [1.807, 2.05) is 68.7 Å². The van der Waals surface area contributed by atoms with E-state index in [0.717, 1.165) is 18.0 Å². The van der Waals surface area contributed by atoms with Crippen LogP contribution in [0.15, 0.2) is 89.5 Å². The highest BCUT2D eigenvalue weighted by Crippen LogP contribution is 2.48. The number of likely N-dealkylation sites (N-methyl/N-ethyl adjacent to an activating group) is 1. The summed E-state index contributed by atoms with van der Waals surface area (Å²) in [6.45, 7) is 20.9. The molecule has 3 aliphatic rings. The largest absolute Gasteiger partial charge is 0.481 e. The Morgan fingerprint density at radius 1 is 0.578 bits per heavy atom. The number of rotatable bonds is 61. The Balaban J connectivity index is 1.21. The molecule has 3 heterocycles. The third-order valence-electron chi connectivity index (χ3n) is 23.1. The topological polar surface area (TPSA) is 520 Å². The zero-order valence-electron chi connectivity index (χ0n) is 75.5. The molecular formula is C92H132N9O25S2+. The van der Waals surface area contributed by atoms with E-state index in [2.05, 4.69) is 88.8 Å². The Hall–Kier alpha value is -10.6. The maximum atomic E-state index is 14.4. The number of carboxylic acids is 5. The number of hydrogen-bond acceptors (Lipinski definition) is 21. The van der Waals surface area contributed by atoms with Crippen LogP contribution in [0.1, 0.15) is 240 Å². The molecule has 0 saturated carbocycles. The molecule has 12 N–H and O–H groups in total. The molecule has 1 saturated heterocycles. The highest BCUT2D eigenvalue weighted by molar-refractivity contribution is 7.98. The highest BCUT2D eigenvalue weighted by Gasteiger charge is 2.46. The number of aryl methyl sites for hydroxylation is 1. The molecule has 0 aliphatic carbocycles. The van der Waals surface area contributed by atoms with Gasteiger partial charge in [-0.15, -0.1) is 0 Å². The van der Waals surface area contributed by atoms with Crippen molar-refractivity contribution in [2.45, 2.75) is 282 Å². The Kier molecular flexibility index (Phi) is 44.5. The van der Waals surface area contributed by atoms with E-state index >= 15 is 0 Å². The molecule has 706 valence electrons. The van der Waals surface area contributed by atoms with Crippen molar-refractivity contribution >= 4 is 133 Å². The number of ether oxygens (including phenoxy) is 1. The second kappa shape index (κ2) is 52.8. The Morgan fingerprint density at radius 2 is 1.12 bits per heavy atom. The zero-order valence-corrected chi connectivity index (χ0v) is 77.1. The number of benzene rings is 2. The van der Waals surface area contributed by atoms with Gasteiger partial charge in [0.15, 0.2) is 28.8 Å². The van der Waals surface area contributed by atoms with Crippen molar-refractivity contribution in [3.8, 4) is 0 Å². The molecule has 0 bridgehead atoms. The smallest absolute Gasteiger partial charge is 0.303 e. The van der Waals surface area contributed by atoms with Crippen LogP contribution >= 0.6 is 11.8 Å². The number of Topliss-reactive ketones (excluding diaryl/α,β-unsaturated/α-hetero) is 4. The van der Waals surface area contributed by atoms with Gasteiger partial charge in [-0.05, 0) is 160 Å². The standard InChI is InChI=1S/C92H131N9O25S2/c1-12-93-87(119)59(6)51-74(103)69(56-127-11)96-80(107)31-22-25-62(49-57(3)4)94-90(122)72-26-23-47-101(72)81(108)55-126-48-24-27-73(102)66(36-43-84(113)114)97-88(120)61(34-42-83(111)112)53-76(105)68(38-45-86(117)118)98-89(121)60(33-41-82(109)110)52-75(104)67(37-44-85(115)116)95-79(106)30-20-17-21-46-100-71-40-35-63(128(123,124)125)54-65(71)92(9,10)78(100)29-19-16-14-15-18-28-77-91(7,8)64-50-58(5)32-39-70(64)99(77)13-2/h14-16,18-19,28-29,32,35,39-40,50,54,57,59-62,66-69,72H,12-13,17,20-27,30-31,33-34,36-38,41-49,51-53,55-56H2,1-11H3,(H11-,93,94,95,96,97,98,106,107,109,110,111,112,113,114,115,116,117,118,119,120,121,122,123,124,125)/p+1/t59-,60+,61+,62-,66-,67-,68-,69+,72+/m1/s1. The average molecular weight is 1830 g/mol. The third kappa shape index (κ3) is 34.8. The van der Waals surface area contributed by atoms with E-state index in [1.54, 1.807) is 26.2 Å². The number of likely N-dealkylation sites (tertiary alicyclic amines) is 1. The fourth-order valence-electron chi connectivity index (χ4n) is 16.3. The molecule has 5 rings (SSSR count). The second-order valence-electron chi connectivity index (χ2n) is 34.5. The number of thioether (sulfide) groups is 1. The van der Waals surface area contributed by atoms with Crippen molar-refractivity contribution in [3.05, 3.63) is 101 Å². The molecule has 34 nitrogen and oxygen atoms in total. The fourth-order valence-corrected chi connectivity index (χ4v) is 17.4. The number of unbranched alkanes of at least 4 members (excludes halogenated alkanes) is 2. The lowest BCUT2D eigenvalue weighted by molar-refractivity contribution is -0.438. The number of carbonyl (C=O) groups is 16. The number of allylic oxidation sites excluding steroid dienone is 8. The molecule has 36 heteroatoms. The Labute approximate surface area is 753 Å². The van der Waals surface area contributed by atoms with Gasteiger partial charge in [0.05, 0.1) is 34.5 Å². The minimum atomic E-state index is -4.58. The van der Waals surface area contributed by atoms with E-state index in [1.165, 1.54) is 45.6 Å². The number of hydrogen-bond donors (Lipinski definition) is 12. The van der Waals surface area contributed by atoms with E-state index in [-0.39, 0.29) is 91.5 Å². The summed E-state index contributed by atoms with van der Waals surface area (Å²) in [5.74, 6) is -17.8. The monoisotopic (exact) mass is 1830 g/mol. The predicted molar refractivity (Wildman–Crippen MR) is 479 cm³/mol. The van der Waals surface area contributed by atoms with Crippen molar-refractivity contribution in [1.82, 2.24) is 36.8 Å². The van der Waals surface area contributed by atoms with Gasteiger partial charge in [-0.3, -0.25) is 81.3 Å². The first-order chi connectivity index (χ1) is 60.3. The van der Waals surface area contributed by atoms with Gasteiger partial charge in [-0.25, -0.2) is 0 Å². The molecule has 3 aliphatic heterocycles. The first-order valence-corrected chi connectivity index (χ1v) is 46.9. The van der Waals surface area contributed by atoms with Crippen LogP contribution in [0, 0.1) is 30.6 Å². The Bertz CT molecular complexity index is 4590. The molecule has 1 fully saturated rings. The molecule has 0 aromatic heterocycles. The number of nitrogens with zero attached hydrogens (tertiary/aromatic N) is 3. The molecule has 7 amide bonds. The van der Waals surface area contributed by atoms with Crippen LogP contribution in [0.5, 0.6) is 0 Å². The van der Waals surface area contributed by atoms with Crippen LogP contribution in [-0.2, 0) is 102 Å². The maximum absolute atomic E-state index is 14.4. The van der Waals surface area contributed by atoms with Gasteiger partial charge < -0.3 is 72.0 Å². The SMILES string of the molecule is CCNC(=O)[C@H](C)CC(=O)[C@H](CSC)NC(=O)CCC[C@H](CC(C)C)NC(=O)[C@@H]1CCCN1C(=O)COCCCC(=O)[C@@H](CCC(=O)O)NC(=O)[C@@H](CCC(=O)O)CC(=O)[C@@H](CCC(=O)O)NC(=O)[C@@H](CCC(=O)O)CC(=O)[C@@H](CCC(=O)O)NC(=O)CCCCC[N+]1=C(C=CC=CC=CC=C2N(CC)c3ccc(C)cc3C2(C)C)C(C)(C)c2cc(S(=O)(=O)O)ccc21. The van der Waals surface area contributed by atoms with E-state index < -0.39 is 224 Å². The van der Waals surface area contributed by atoms with Crippen molar-refractivity contribution in [3.63, 3.8) is 0 Å². The highest BCUT2D eigenvalue weighted by atomic mass is 32.2. The molecular weight excluding hydrogens is 1700 g/mol. The molecule has 0 radical (unpaired) electrons. The summed E-state index contributed by atoms with van der Waals surface area (Å²) >= 11 is 1.38. The lowest BCUT2D eigenvalue weighted by Crippen LogP contribution is -2.50. The molecule has 9 atom stereocenters. The normalized spacial score (nSPS) is 16.8. The summed E-state index contributed by atoms with van der Waals surface area (Å²) in [6.07, 6.45) is 9.96. The summed E-state index contributed by atoms with van der Waals surface area (Å²) in [7, 11) is -4.58. The summed E-state index contributed by atoms with van der Waals surface area (Å²) in [5, 5.41) is 64.6. The van der Waals surface area contributed by atoms with Crippen molar-refractivity contribution in [1.29, 1.82) is 0 Å². The number of anilines is 1. The van der Waals surface area contributed by atoms with Crippen LogP contribution in [0.2, 0.25) is 0 Å². The lowest BCUT2D eigenvalue weighted by Gasteiger charge is -2.27. The van der Waals surface area contributed by atoms with Crippen LogP contribution in [-0.4, -0.2) is 236 Å². The zero-order chi connectivity index (χ0) is 95.3. The van der Waals surface area contributed by atoms with Crippen LogP contribution in [0.25, 0.3) is 0 Å². The summed E-state index contributed by atoms with van der Waals surface area (Å²) in [4.78, 5) is 214. The number of carbonyl (C=O) groups excluding carboxylic acids is 11. The first kappa shape index (κ1) is 108.